The van der Waals surface area contributed by atoms with E-state index in [-0.39, 0.29) is 10.9 Å². The normalized spacial score (nSPS) is 10.2. The van der Waals surface area contributed by atoms with Crippen molar-refractivity contribution in [1.29, 1.82) is 0 Å². The molecular formula is C9H7N3O3S2. The zero-order valence-corrected chi connectivity index (χ0v) is 10.3. The number of aromatic nitrogens is 1. The van der Waals surface area contributed by atoms with Crippen molar-refractivity contribution in [3.05, 3.63) is 38.2 Å². The number of anilines is 1. The average molecular weight is 269 g/mol. The molecule has 88 valence electrons. The molecule has 0 aromatic carbocycles. The predicted octanol–water partition coefficient (Wildman–Crippen LogP) is 2.67. The number of nitrogens with zero attached hydrogens (tertiary/aromatic N) is 2. The van der Waals surface area contributed by atoms with Crippen LogP contribution in [-0.2, 0) is 0 Å². The number of carbonyl (C=O) groups is 1. The second kappa shape index (κ2) is 4.60. The summed E-state index contributed by atoms with van der Waals surface area (Å²) in [6.07, 6.45) is 0. The molecule has 1 N–H and O–H groups in total. The monoisotopic (exact) mass is 269 g/mol. The van der Waals surface area contributed by atoms with Gasteiger partial charge in [-0.2, -0.15) is 0 Å². The van der Waals surface area contributed by atoms with Crippen molar-refractivity contribution in [2.75, 3.05) is 5.32 Å². The molecule has 0 aliphatic rings. The number of rotatable bonds is 3. The van der Waals surface area contributed by atoms with Crippen LogP contribution < -0.4 is 5.32 Å². The number of amides is 1. The van der Waals surface area contributed by atoms with Crippen molar-refractivity contribution in [2.24, 2.45) is 0 Å². The molecule has 0 fully saturated rings. The Kier molecular flexibility index (Phi) is 3.16. The fraction of sp³-hybridized carbons (Fsp3) is 0.111. The number of hydrogen-bond acceptors (Lipinski definition) is 6. The molecule has 2 aromatic heterocycles. The minimum Gasteiger partial charge on any atom is -0.297 e. The van der Waals surface area contributed by atoms with Crippen LogP contribution in [0.5, 0.6) is 0 Å². The van der Waals surface area contributed by atoms with Gasteiger partial charge in [0.1, 0.15) is 0 Å². The van der Waals surface area contributed by atoms with Crippen LogP contribution in [0.2, 0.25) is 0 Å². The molecule has 8 heteroatoms. The van der Waals surface area contributed by atoms with E-state index in [4.69, 9.17) is 0 Å². The lowest BCUT2D eigenvalue weighted by Crippen LogP contribution is -2.09. The maximum Gasteiger partial charge on any atom is 0.324 e. The first-order chi connectivity index (χ1) is 8.06. The highest BCUT2D eigenvalue weighted by atomic mass is 32.1. The molecule has 0 spiro atoms. The van der Waals surface area contributed by atoms with Crippen LogP contribution in [0.25, 0.3) is 0 Å². The Bertz CT molecular complexity index is 576. The third-order valence-electron chi connectivity index (χ3n) is 1.84. The molecule has 0 unspecified atom stereocenters. The van der Waals surface area contributed by atoms with Gasteiger partial charge in [0.05, 0.1) is 15.5 Å². The third-order valence-corrected chi connectivity index (χ3v) is 3.75. The number of nitro groups is 1. The SMILES string of the molecule is Cc1csc(NC(=O)c2ccc([N+](=O)[O-])s2)n1. The van der Waals surface area contributed by atoms with Crippen LogP contribution >= 0.6 is 22.7 Å². The fourth-order valence-electron chi connectivity index (χ4n) is 1.12. The summed E-state index contributed by atoms with van der Waals surface area (Å²) in [7, 11) is 0. The summed E-state index contributed by atoms with van der Waals surface area (Å²) in [4.78, 5) is 26.0. The van der Waals surface area contributed by atoms with E-state index in [9.17, 15) is 14.9 Å². The number of nitrogens with one attached hydrogen (secondary N) is 1. The van der Waals surface area contributed by atoms with Crippen molar-refractivity contribution in [3.63, 3.8) is 0 Å². The molecule has 0 saturated carbocycles. The molecule has 2 heterocycles. The highest BCUT2D eigenvalue weighted by Gasteiger charge is 2.16. The first-order valence-electron chi connectivity index (χ1n) is 4.54. The van der Waals surface area contributed by atoms with Crippen molar-refractivity contribution < 1.29 is 9.72 Å². The fourth-order valence-corrected chi connectivity index (χ4v) is 2.52. The maximum absolute atomic E-state index is 11.7. The van der Waals surface area contributed by atoms with Crippen molar-refractivity contribution in [3.8, 4) is 0 Å². The van der Waals surface area contributed by atoms with Gasteiger partial charge in [0, 0.05) is 11.4 Å². The summed E-state index contributed by atoms with van der Waals surface area (Å²) in [5, 5.41) is 15.3. The van der Waals surface area contributed by atoms with E-state index in [2.05, 4.69) is 10.3 Å². The van der Waals surface area contributed by atoms with Gasteiger partial charge in [0.15, 0.2) is 5.13 Å². The first kappa shape index (κ1) is 11.7. The quantitative estimate of drug-likeness (QED) is 0.685. The van der Waals surface area contributed by atoms with Crippen LogP contribution in [0, 0.1) is 17.0 Å². The van der Waals surface area contributed by atoms with Gasteiger partial charge in [0.25, 0.3) is 5.91 Å². The molecule has 17 heavy (non-hydrogen) atoms. The van der Waals surface area contributed by atoms with Gasteiger partial charge in [-0.1, -0.05) is 11.3 Å². The highest BCUT2D eigenvalue weighted by Crippen LogP contribution is 2.25. The van der Waals surface area contributed by atoms with Crippen molar-refractivity contribution in [2.45, 2.75) is 6.92 Å². The van der Waals surface area contributed by atoms with Crippen LogP contribution in [0.4, 0.5) is 10.1 Å². The molecular weight excluding hydrogens is 262 g/mol. The zero-order chi connectivity index (χ0) is 12.4. The first-order valence-corrected chi connectivity index (χ1v) is 6.23. The highest BCUT2D eigenvalue weighted by molar-refractivity contribution is 7.17. The summed E-state index contributed by atoms with van der Waals surface area (Å²) >= 11 is 2.15. The minimum atomic E-state index is -0.519. The Balaban J connectivity index is 2.11. The maximum atomic E-state index is 11.7. The molecule has 0 aliphatic carbocycles. The Hall–Kier alpha value is -1.80. The zero-order valence-electron chi connectivity index (χ0n) is 8.67. The molecule has 2 rings (SSSR count). The van der Waals surface area contributed by atoms with Crippen molar-refractivity contribution in [1.82, 2.24) is 4.98 Å². The van der Waals surface area contributed by atoms with Crippen LogP contribution in [-0.4, -0.2) is 15.8 Å². The lowest BCUT2D eigenvalue weighted by atomic mass is 10.4. The van der Waals surface area contributed by atoms with E-state index in [1.165, 1.54) is 23.5 Å². The largest absolute Gasteiger partial charge is 0.324 e. The lowest BCUT2D eigenvalue weighted by molar-refractivity contribution is -0.380. The second-order valence-corrected chi connectivity index (χ2v) is 5.06. The number of thiazole rings is 1. The Morgan fingerprint density at radius 3 is 2.82 bits per heavy atom. The predicted molar refractivity (Wildman–Crippen MR) is 65.8 cm³/mol. The standard InChI is InChI=1S/C9H7N3O3S2/c1-5-4-16-9(10-5)11-8(13)6-2-3-7(17-6)12(14)15/h2-4H,1H3,(H,10,11,13). The van der Waals surface area contributed by atoms with Crippen LogP contribution in [0.15, 0.2) is 17.5 Å². The van der Waals surface area contributed by atoms with E-state index in [0.29, 0.717) is 10.0 Å². The smallest absolute Gasteiger partial charge is 0.297 e. The van der Waals surface area contributed by atoms with Gasteiger partial charge in [0.2, 0.25) is 0 Å². The van der Waals surface area contributed by atoms with Gasteiger partial charge in [-0.3, -0.25) is 20.2 Å². The summed E-state index contributed by atoms with van der Waals surface area (Å²) < 4.78 is 0. The Morgan fingerprint density at radius 2 is 2.29 bits per heavy atom. The molecule has 6 nitrogen and oxygen atoms in total. The molecule has 0 radical (unpaired) electrons. The number of carbonyl (C=O) groups excluding carboxylic acids is 1. The number of thiophene rings is 1. The molecule has 0 aliphatic heterocycles. The van der Waals surface area contributed by atoms with Gasteiger partial charge < -0.3 is 0 Å². The van der Waals surface area contributed by atoms with Crippen LogP contribution in [0.1, 0.15) is 15.4 Å². The van der Waals surface area contributed by atoms with Gasteiger partial charge in [-0.25, -0.2) is 4.98 Å². The summed E-state index contributed by atoms with van der Waals surface area (Å²) in [5.41, 5.74) is 0.822. The van der Waals surface area contributed by atoms with E-state index >= 15 is 0 Å². The summed E-state index contributed by atoms with van der Waals surface area (Å²) in [6, 6.07) is 2.74. The minimum absolute atomic E-state index is 0.0505. The molecule has 2 aromatic rings. The van der Waals surface area contributed by atoms with Crippen LogP contribution in [0.3, 0.4) is 0 Å². The number of hydrogen-bond donors (Lipinski definition) is 1. The second-order valence-electron chi connectivity index (χ2n) is 3.14. The Morgan fingerprint density at radius 1 is 1.53 bits per heavy atom. The third kappa shape index (κ3) is 2.66. The topological polar surface area (TPSA) is 85.1 Å². The van der Waals surface area contributed by atoms with E-state index in [1.54, 1.807) is 0 Å². The van der Waals surface area contributed by atoms with E-state index in [1.807, 2.05) is 12.3 Å². The van der Waals surface area contributed by atoms with Gasteiger partial charge in [-0.05, 0) is 13.0 Å². The summed E-state index contributed by atoms with van der Waals surface area (Å²) in [6.45, 7) is 1.82. The Labute approximate surface area is 104 Å². The average Bonchev–Trinajstić information content (AvgIpc) is 2.86. The van der Waals surface area contributed by atoms with E-state index in [0.717, 1.165) is 17.0 Å². The lowest BCUT2D eigenvalue weighted by Gasteiger charge is -1.96. The molecule has 0 bridgehead atoms. The summed E-state index contributed by atoms with van der Waals surface area (Å²) in [5.74, 6) is -0.377. The van der Waals surface area contributed by atoms with Gasteiger partial charge >= 0.3 is 5.00 Å². The van der Waals surface area contributed by atoms with Gasteiger partial charge in [-0.15, -0.1) is 11.3 Å². The molecule has 1 amide bonds. The molecule has 0 saturated heterocycles. The van der Waals surface area contributed by atoms with E-state index < -0.39 is 4.92 Å². The van der Waals surface area contributed by atoms with Crippen molar-refractivity contribution >= 4 is 38.7 Å². The molecule has 0 atom stereocenters. The number of aryl methyl sites for hydroxylation is 1.